The van der Waals surface area contributed by atoms with Crippen LogP contribution in [-0.4, -0.2) is 0 Å². The van der Waals surface area contributed by atoms with Crippen LogP contribution in [0.2, 0.25) is 0 Å². The average Bonchev–Trinajstić information content (AvgIpc) is 2.57. The minimum absolute atomic E-state index is 0.00137. The van der Waals surface area contributed by atoms with Crippen molar-refractivity contribution in [3.05, 3.63) is 52.2 Å². The van der Waals surface area contributed by atoms with Crippen LogP contribution in [0, 0.1) is 26.0 Å². The molecule has 1 aromatic carbocycles. The van der Waals surface area contributed by atoms with Crippen molar-refractivity contribution in [2.24, 2.45) is 12.5 Å². The van der Waals surface area contributed by atoms with Gasteiger partial charge in [0.15, 0.2) is 6.20 Å². The smallest absolute Gasteiger partial charge is 0.201 e. The molecule has 25 heavy (non-hydrogen) atoms. The summed E-state index contributed by atoms with van der Waals surface area (Å²) < 4.78 is 67.4. The molecular weight excluding hydrogens is 302 g/mol. The Bertz CT molecular complexity index is 1050. The Hall–Kier alpha value is -1.63. The van der Waals surface area contributed by atoms with E-state index < -0.39 is 30.9 Å². The van der Waals surface area contributed by atoms with Crippen LogP contribution < -0.4 is 4.57 Å². The van der Waals surface area contributed by atoms with Crippen LogP contribution in [0.4, 0.5) is 0 Å². The Morgan fingerprint density at radius 1 is 0.960 bits per heavy atom. The highest BCUT2D eigenvalue weighted by Gasteiger charge is 2.24. The number of nitrogens with zero attached hydrogens (tertiary/aromatic N) is 1. The van der Waals surface area contributed by atoms with E-state index in [1.54, 1.807) is 57.6 Å². The zero-order valence-corrected chi connectivity index (χ0v) is 16.8. The molecule has 0 aliphatic rings. The third-order valence-electron chi connectivity index (χ3n) is 4.23. The van der Waals surface area contributed by atoms with Gasteiger partial charge in [-0.1, -0.05) is 47.6 Å². The Morgan fingerprint density at radius 3 is 2.12 bits per heavy atom. The van der Waals surface area contributed by atoms with Crippen molar-refractivity contribution < 1.29 is 15.5 Å². The van der Waals surface area contributed by atoms with Gasteiger partial charge in [-0.2, -0.15) is 0 Å². The Labute approximate surface area is 166 Å². The van der Waals surface area contributed by atoms with E-state index in [9.17, 15) is 0 Å². The molecule has 0 atom stereocenters. The van der Waals surface area contributed by atoms with Crippen molar-refractivity contribution in [3.63, 3.8) is 0 Å². The van der Waals surface area contributed by atoms with Gasteiger partial charge in [0.2, 0.25) is 5.69 Å². The van der Waals surface area contributed by atoms with Crippen molar-refractivity contribution in [3.8, 4) is 11.3 Å². The molecule has 136 valence electrons. The molecule has 1 heteroatoms. The molecule has 2 aromatic rings. The summed E-state index contributed by atoms with van der Waals surface area (Å²) in [6.07, 6.45) is -0.304. The van der Waals surface area contributed by atoms with Gasteiger partial charge < -0.3 is 0 Å². The molecule has 0 aliphatic carbocycles. The molecule has 0 unspecified atom stereocenters. The van der Waals surface area contributed by atoms with Crippen LogP contribution in [0.15, 0.2) is 24.4 Å². The minimum atomic E-state index is -2.47. The van der Waals surface area contributed by atoms with Crippen molar-refractivity contribution in [2.75, 3.05) is 0 Å². The second-order valence-electron chi connectivity index (χ2n) is 8.93. The first-order valence-electron chi connectivity index (χ1n) is 12.7. The zero-order chi connectivity index (χ0) is 25.9. The quantitative estimate of drug-likeness (QED) is 0.588. The predicted molar refractivity (Wildman–Crippen MR) is 109 cm³/mol. The Morgan fingerprint density at radius 2 is 1.60 bits per heavy atom. The highest BCUT2D eigenvalue weighted by Crippen LogP contribution is 2.32. The first kappa shape index (κ1) is 11.2. The summed E-state index contributed by atoms with van der Waals surface area (Å²) >= 11 is 0. The van der Waals surface area contributed by atoms with Crippen LogP contribution in [0.3, 0.4) is 0 Å². The zero-order valence-electron chi connectivity index (χ0n) is 24.8. The maximum Gasteiger partial charge on any atom is 0.212 e. The molecule has 0 bridgehead atoms. The minimum Gasteiger partial charge on any atom is -0.201 e. The highest BCUT2D eigenvalue weighted by molar-refractivity contribution is 5.64. The fourth-order valence-electron chi connectivity index (χ4n) is 3.03. The molecule has 0 saturated carbocycles. The van der Waals surface area contributed by atoms with Gasteiger partial charge in [0, 0.05) is 28.2 Å². The predicted octanol–water partition coefficient (Wildman–Crippen LogP) is 5.99. The average molecular weight is 347 g/mol. The van der Waals surface area contributed by atoms with E-state index in [0.717, 1.165) is 0 Å². The van der Waals surface area contributed by atoms with Crippen molar-refractivity contribution in [1.82, 2.24) is 0 Å². The molecule has 1 nitrogen and oxygen atoms in total. The summed E-state index contributed by atoms with van der Waals surface area (Å²) in [5.74, 6) is 0. The lowest BCUT2D eigenvalue weighted by atomic mass is 9.82. The van der Waals surface area contributed by atoms with Gasteiger partial charge in [-0.3, -0.25) is 0 Å². The molecule has 0 amide bonds. The normalized spacial score (nSPS) is 18.9. The molecule has 0 spiro atoms. The second kappa shape index (κ2) is 6.59. The molecular formula is C24H36N+. The lowest BCUT2D eigenvalue weighted by Gasteiger charge is -2.23. The fourth-order valence-corrected chi connectivity index (χ4v) is 3.03. The van der Waals surface area contributed by atoms with E-state index in [2.05, 4.69) is 0 Å². The first-order valence-corrected chi connectivity index (χ1v) is 8.70. The largest absolute Gasteiger partial charge is 0.212 e. The molecule has 0 radical (unpaired) electrons. The van der Waals surface area contributed by atoms with E-state index >= 15 is 0 Å². The summed E-state index contributed by atoms with van der Waals surface area (Å²) in [5, 5.41) is 0. The standard InChI is InChI=1S/C24H36N/c1-16-11-17(2)20(12-19(16)14-23(4,5)6)22-13-21(24(7,8)9)18(3)15-25(22)10/h11-13,15H,14H2,1-10H3/q+1/i1D3,3D3,14D2. The monoisotopic (exact) mass is 346 g/mol. The summed E-state index contributed by atoms with van der Waals surface area (Å²) in [7, 11) is 1.76. The highest BCUT2D eigenvalue weighted by atomic mass is 14.9. The number of hydrogen-bond acceptors (Lipinski definition) is 0. The van der Waals surface area contributed by atoms with Gasteiger partial charge in [0.25, 0.3) is 0 Å². The maximum absolute atomic E-state index is 8.82. The number of aryl methyl sites for hydroxylation is 4. The molecule has 0 N–H and O–H groups in total. The topological polar surface area (TPSA) is 3.88 Å². The lowest BCUT2D eigenvalue weighted by Crippen LogP contribution is -2.33. The SMILES string of the molecule is [2H]C([2H])([2H])c1c[n+](C)c(-c2cc(C([2H])([2H])C(C)(C)C)c(C([2H])([2H])[2H])cc2C)cc1C(C)(C)C. The molecule has 0 saturated heterocycles. The molecule has 1 aromatic heterocycles. The van der Waals surface area contributed by atoms with E-state index in [1.807, 2.05) is 26.8 Å². The summed E-state index contributed by atoms with van der Waals surface area (Å²) in [5.41, 5.74) is 1.86. The van der Waals surface area contributed by atoms with Gasteiger partial charge in [-0.05, 0) is 66.2 Å². The summed E-state index contributed by atoms with van der Waals surface area (Å²) in [6.45, 7) is 8.15. The maximum atomic E-state index is 8.82. The number of hydrogen-bond donors (Lipinski definition) is 0. The van der Waals surface area contributed by atoms with E-state index in [1.165, 1.54) is 0 Å². The van der Waals surface area contributed by atoms with Gasteiger partial charge >= 0.3 is 0 Å². The fraction of sp³-hybridized carbons (Fsp3) is 0.542. The second-order valence-corrected chi connectivity index (χ2v) is 8.93. The Kier molecular flexibility index (Phi) is 2.94. The van der Waals surface area contributed by atoms with E-state index in [-0.39, 0.29) is 16.7 Å². The Balaban J connectivity index is 2.99. The molecule has 0 fully saturated rings. The van der Waals surface area contributed by atoms with E-state index in [4.69, 9.17) is 11.0 Å². The van der Waals surface area contributed by atoms with Gasteiger partial charge in [0.05, 0.1) is 0 Å². The van der Waals surface area contributed by atoms with Crippen LogP contribution in [0.5, 0.6) is 0 Å². The van der Waals surface area contributed by atoms with Crippen LogP contribution in [0.25, 0.3) is 11.3 Å². The third kappa shape index (κ3) is 4.51. The van der Waals surface area contributed by atoms with Crippen LogP contribution in [-0.2, 0) is 18.8 Å². The van der Waals surface area contributed by atoms with Crippen LogP contribution >= 0.6 is 0 Å². The van der Waals surface area contributed by atoms with Gasteiger partial charge in [-0.25, -0.2) is 4.57 Å². The number of aromatic nitrogens is 1. The number of benzene rings is 1. The molecule has 1 heterocycles. The summed E-state index contributed by atoms with van der Waals surface area (Å²) in [6, 6.07) is 5.03. The molecule has 0 aliphatic heterocycles. The van der Waals surface area contributed by atoms with Crippen molar-refractivity contribution >= 4 is 0 Å². The van der Waals surface area contributed by atoms with Gasteiger partial charge in [-0.15, -0.1) is 0 Å². The van der Waals surface area contributed by atoms with Crippen molar-refractivity contribution in [1.29, 1.82) is 0 Å². The number of pyridine rings is 1. The van der Waals surface area contributed by atoms with Gasteiger partial charge in [0.1, 0.15) is 7.05 Å². The molecule has 2 rings (SSSR count). The first-order chi connectivity index (χ1) is 14.5. The lowest BCUT2D eigenvalue weighted by molar-refractivity contribution is -0.660. The van der Waals surface area contributed by atoms with Crippen molar-refractivity contribution in [2.45, 2.75) is 74.0 Å². The number of rotatable bonds is 2. The van der Waals surface area contributed by atoms with Crippen LogP contribution in [0.1, 0.15) is 80.3 Å². The summed E-state index contributed by atoms with van der Waals surface area (Å²) in [4.78, 5) is 0. The third-order valence-corrected chi connectivity index (χ3v) is 4.23. The van der Waals surface area contributed by atoms with E-state index in [0.29, 0.717) is 22.4 Å².